The lowest BCUT2D eigenvalue weighted by atomic mass is 10.2. The Morgan fingerprint density at radius 2 is 1.95 bits per heavy atom. The number of nitrogens with one attached hydrogen (secondary N) is 1. The summed E-state index contributed by atoms with van der Waals surface area (Å²) in [5.41, 5.74) is 3.44. The molecule has 0 bridgehead atoms. The maximum atomic E-state index is 12.9. The minimum atomic E-state index is -0.566. The lowest BCUT2D eigenvalue weighted by molar-refractivity contribution is 0.0233. The van der Waals surface area contributed by atoms with Gasteiger partial charge in [-0.05, 0) is 23.8 Å². The number of carbonyl (C=O) groups excluding carboxylic acids is 1. The first-order valence-corrected chi connectivity index (χ1v) is 5.96. The van der Waals surface area contributed by atoms with Gasteiger partial charge in [0, 0.05) is 5.56 Å². The van der Waals surface area contributed by atoms with Crippen LogP contribution in [0.4, 0.5) is 4.39 Å². The van der Waals surface area contributed by atoms with Crippen LogP contribution in [0.2, 0.25) is 5.02 Å². The van der Waals surface area contributed by atoms with Gasteiger partial charge in [-0.15, -0.1) is 0 Å². The average molecular weight is 280 g/mol. The maximum Gasteiger partial charge on any atom is 0.274 e. The van der Waals surface area contributed by atoms with Crippen molar-refractivity contribution in [2.75, 3.05) is 0 Å². The minimum Gasteiger partial charge on any atom is -0.269 e. The van der Waals surface area contributed by atoms with Crippen molar-refractivity contribution in [2.45, 2.75) is 6.61 Å². The molecule has 0 aliphatic rings. The SMILES string of the molecule is O=C(NOCc1ccccc1)c1ccc(F)c(Cl)c1. The van der Waals surface area contributed by atoms with Crippen molar-refractivity contribution < 1.29 is 14.0 Å². The second kappa shape index (κ2) is 6.31. The Hall–Kier alpha value is -1.91. The molecule has 0 aromatic heterocycles. The van der Waals surface area contributed by atoms with Crippen LogP contribution in [0, 0.1) is 5.82 Å². The standard InChI is InChI=1S/C14H11ClFNO2/c15-12-8-11(6-7-13(12)16)14(18)17-19-9-10-4-2-1-3-5-10/h1-8H,9H2,(H,17,18). The van der Waals surface area contributed by atoms with Gasteiger partial charge in [-0.3, -0.25) is 9.63 Å². The number of hydrogen-bond acceptors (Lipinski definition) is 2. The third kappa shape index (κ3) is 3.77. The Bertz CT molecular complexity index is 575. The third-order valence-electron chi connectivity index (χ3n) is 2.43. The molecule has 1 N–H and O–H groups in total. The number of carbonyl (C=O) groups is 1. The molecule has 19 heavy (non-hydrogen) atoms. The van der Waals surface area contributed by atoms with Crippen LogP contribution in [0.3, 0.4) is 0 Å². The Morgan fingerprint density at radius 3 is 2.63 bits per heavy atom. The summed E-state index contributed by atoms with van der Waals surface area (Å²) in [7, 11) is 0. The topological polar surface area (TPSA) is 38.3 Å². The Morgan fingerprint density at radius 1 is 1.21 bits per heavy atom. The molecular weight excluding hydrogens is 269 g/mol. The molecule has 1 amide bonds. The van der Waals surface area contributed by atoms with Crippen molar-refractivity contribution in [1.82, 2.24) is 5.48 Å². The Balaban J connectivity index is 1.89. The van der Waals surface area contributed by atoms with Gasteiger partial charge in [0.15, 0.2) is 0 Å². The third-order valence-corrected chi connectivity index (χ3v) is 2.72. The molecule has 0 unspecified atom stereocenters. The van der Waals surface area contributed by atoms with E-state index < -0.39 is 11.7 Å². The molecule has 3 nitrogen and oxygen atoms in total. The summed E-state index contributed by atoms with van der Waals surface area (Å²) in [5.74, 6) is -1.04. The quantitative estimate of drug-likeness (QED) is 0.872. The van der Waals surface area contributed by atoms with E-state index in [2.05, 4.69) is 5.48 Å². The summed E-state index contributed by atoms with van der Waals surface area (Å²) >= 11 is 5.59. The van der Waals surface area contributed by atoms with Crippen molar-refractivity contribution in [3.8, 4) is 0 Å². The molecule has 0 spiro atoms. The fourth-order valence-electron chi connectivity index (χ4n) is 1.46. The molecule has 98 valence electrons. The van der Waals surface area contributed by atoms with Crippen LogP contribution in [0.25, 0.3) is 0 Å². The van der Waals surface area contributed by atoms with Gasteiger partial charge in [0.1, 0.15) is 5.82 Å². The van der Waals surface area contributed by atoms with Gasteiger partial charge in [0.05, 0.1) is 11.6 Å². The van der Waals surface area contributed by atoms with Crippen LogP contribution in [0.15, 0.2) is 48.5 Å². The van der Waals surface area contributed by atoms with E-state index in [1.807, 2.05) is 30.3 Å². The van der Waals surface area contributed by atoms with E-state index in [1.165, 1.54) is 12.1 Å². The fourth-order valence-corrected chi connectivity index (χ4v) is 1.64. The van der Waals surface area contributed by atoms with Gasteiger partial charge >= 0.3 is 0 Å². The summed E-state index contributed by atoms with van der Waals surface area (Å²) in [6, 6.07) is 13.1. The molecule has 0 fully saturated rings. The highest BCUT2D eigenvalue weighted by Gasteiger charge is 2.08. The molecule has 0 atom stereocenters. The molecule has 2 aromatic rings. The zero-order valence-corrected chi connectivity index (χ0v) is 10.7. The lowest BCUT2D eigenvalue weighted by Crippen LogP contribution is -2.23. The highest BCUT2D eigenvalue weighted by Crippen LogP contribution is 2.15. The lowest BCUT2D eigenvalue weighted by Gasteiger charge is -2.06. The molecule has 0 saturated carbocycles. The number of hydroxylamine groups is 1. The van der Waals surface area contributed by atoms with Gasteiger partial charge in [0.2, 0.25) is 0 Å². The number of halogens is 2. The molecule has 0 heterocycles. The van der Waals surface area contributed by atoms with E-state index in [9.17, 15) is 9.18 Å². The average Bonchev–Trinajstić information content (AvgIpc) is 2.43. The molecule has 0 aliphatic carbocycles. The summed E-state index contributed by atoms with van der Waals surface area (Å²) in [6.45, 7) is 0.251. The Kier molecular flexibility index (Phi) is 4.49. The number of amides is 1. The van der Waals surface area contributed by atoms with Crippen LogP contribution in [0.5, 0.6) is 0 Å². The predicted octanol–water partition coefficient (Wildman–Crippen LogP) is 3.34. The highest BCUT2D eigenvalue weighted by molar-refractivity contribution is 6.31. The molecule has 0 saturated heterocycles. The van der Waals surface area contributed by atoms with Crippen molar-refractivity contribution in [2.24, 2.45) is 0 Å². The van der Waals surface area contributed by atoms with Crippen LogP contribution in [-0.4, -0.2) is 5.91 Å². The smallest absolute Gasteiger partial charge is 0.269 e. The first kappa shape index (κ1) is 13.5. The second-order valence-corrected chi connectivity index (χ2v) is 4.24. The van der Waals surface area contributed by atoms with Gasteiger partial charge in [-0.1, -0.05) is 41.9 Å². The number of hydrogen-bond donors (Lipinski definition) is 1. The van der Waals surface area contributed by atoms with E-state index in [1.54, 1.807) is 0 Å². The van der Waals surface area contributed by atoms with Gasteiger partial charge in [-0.25, -0.2) is 9.87 Å². The van der Waals surface area contributed by atoms with E-state index in [0.717, 1.165) is 11.6 Å². The zero-order valence-electron chi connectivity index (χ0n) is 9.90. The zero-order chi connectivity index (χ0) is 13.7. The summed E-state index contributed by atoms with van der Waals surface area (Å²) < 4.78 is 12.9. The Labute approximate surface area is 114 Å². The molecular formula is C14H11ClFNO2. The largest absolute Gasteiger partial charge is 0.274 e. The molecule has 5 heteroatoms. The molecule has 2 aromatic carbocycles. The van der Waals surface area contributed by atoms with Crippen LogP contribution in [0.1, 0.15) is 15.9 Å². The summed E-state index contributed by atoms with van der Waals surface area (Å²) in [4.78, 5) is 16.8. The van der Waals surface area contributed by atoms with Crippen molar-refractivity contribution in [3.63, 3.8) is 0 Å². The van der Waals surface area contributed by atoms with Crippen molar-refractivity contribution in [3.05, 3.63) is 70.5 Å². The number of rotatable bonds is 4. The number of benzene rings is 2. The van der Waals surface area contributed by atoms with Crippen LogP contribution in [-0.2, 0) is 11.4 Å². The predicted molar refractivity (Wildman–Crippen MR) is 70.1 cm³/mol. The monoisotopic (exact) mass is 279 g/mol. The van der Waals surface area contributed by atoms with Crippen molar-refractivity contribution >= 4 is 17.5 Å². The maximum absolute atomic E-state index is 12.9. The molecule has 2 rings (SSSR count). The normalized spacial score (nSPS) is 10.2. The van der Waals surface area contributed by atoms with Crippen molar-refractivity contribution in [1.29, 1.82) is 0 Å². The van der Waals surface area contributed by atoms with Crippen LogP contribution >= 0.6 is 11.6 Å². The first-order valence-electron chi connectivity index (χ1n) is 5.58. The van der Waals surface area contributed by atoms with Gasteiger partial charge in [-0.2, -0.15) is 0 Å². The minimum absolute atomic E-state index is 0.101. The molecule has 0 radical (unpaired) electrons. The first-order chi connectivity index (χ1) is 9.16. The highest BCUT2D eigenvalue weighted by atomic mass is 35.5. The summed E-state index contributed by atoms with van der Waals surface area (Å²) in [5, 5.41) is -0.101. The van der Waals surface area contributed by atoms with Gasteiger partial charge < -0.3 is 0 Å². The summed E-state index contributed by atoms with van der Waals surface area (Å²) in [6.07, 6.45) is 0. The van der Waals surface area contributed by atoms with E-state index in [4.69, 9.17) is 16.4 Å². The van der Waals surface area contributed by atoms with E-state index >= 15 is 0 Å². The fraction of sp³-hybridized carbons (Fsp3) is 0.0714. The van der Waals surface area contributed by atoms with Crippen LogP contribution < -0.4 is 5.48 Å². The van der Waals surface area contributed by atoms with E-state index in [-0.39, 0.29) is 17.2 Å². The van der Waals surface area contributed by atoms with E-state index in [0.29, 0.717) is 0 Å². The van der Waals surface area contributed by atoms with Gasteiger partial charge in [0.25, 0.3) is 5.91 Å². The second-order valence-electron chi connectivity index (χ2n) is 3.83. The molecule has 0 aliphatic heterocycles.